The van der Waals surface area contributed by atoms with Crippen LogP contribution in [0.15, 0.2) is 40.6 Å². The van der Waals surface area contributed by atoms with Gasteiger partial charge >= 0.3 is 6.18 Å². The summed E-state index contributed by atoms with van der Waals surface area (Å²) < 4.78 is 51.3. The van der Waals surface area contributed by atoms with Gasteiger partial charge in [0.25, 0.3) is 5.91 Å². The Balaban J connectivity index is 1.96. The maximum atomic E-state index is 13.0. The van der Waals surface area contributed by atoms with Crippen LogP contribution < -0.4 is 5.32 Å². The van der Waals surface area contributed by atoms with Gasteiger partial charge < -0.3 is 19.4 Å². The molecule has 1 N–H and O–H groups in total. The number of hydrogen-bond acceptors (Lipinski definition) is 6. The third kappa shape index (κ3) is 6.21. The van der Waals surface area contributed by atoms with Crippen molar-refractivity contribution in [2.75, 3.05) is 20.8 Å². The topological polar surface area (TPSA) is 78.3 Å². The number of hydrogen-bond donors (Lipinski definition) is 1. The van der Waals surface area contributed by atoms with E-state index in [9.17, 15) is 18.0 Å². The number of pyridine rings is 1. The van der Waals surface area contributed by atoms with Crippen LogP contribution in [0.5, 0.6) is 0 Å². The zero-order chi connectivity index (χ0) is 24.9. The number of nitrogens with zero attached hydrogens (tertiary/aromatic N) is 3. The second kappa shape index (κ2) is 11.4. The van der Waals surface area contributed by atoms with Gasteiger partial charge in [0.2, 0.25) is 0 Å². The summed E-state index contributed by atoms with van der Waals surface area (Å²) in [6.45, 7) is 2.85. The van der Waals surface area contributed by atoms with E-state index in [1.54, 1.807) is 32.4 Å². The van der Waals surface area contributed by atoms with Crippen LogP contribution in [0.4, 0.5) is 13.2 Å². The third-order valence-corrected chi connectivity index (χ3v) is 6.40. The maximum absolute atomic E-state index is 13.0. The molecule has 0 fully saturated rings. The van der Waals surface area contributed by atoms with Gasteiger partial charge in [-0.15, -0.1) is 0 Å². The van der Waals surface area contributed by atoms with E-state index in [0.29, 0.717) is 42.2 Å². The molecule has 0 aliphatic rings. The largest absolute Gasteiger partial charge is 0.417 e. The Morgan fingerprint density at radius 2 is 2.00 bits per heavy atom. The Bertz CT molecular complexity index is 1150. The molecule has 2 heterocycles. The van der Waals surface area contributed by atoms with Crippen molar-refractivity contribution in [3.8, 4) is 0 Å². The first-order valence-corrected chi connectivity index (χ1v) is 11.6. The summed E-state index contributed by atoms with van der Waals surface area (Å²) in [7, 11) is 3.12. The van der Waals surface area contributed by atoms with E-state index in [-0.39, 0.29) is 22.2 Å². The van der Waals surface area contributed by atoms with Gasteiger partial charge in [0.1, 0.15) is 5.03 Å². The molecular formula is C22H24ClF3N4O3S. The molecule has 7 nitrogen and oxygen atoms in total. The second-order valence-electron chi connectivity index (χ2n) is 7.26. The van der Waals surface area contributed by atoms with E-state index in [1.165, 1.54) is 0 Å². The molecule has 0 aliphatic carbocycles. The van der Waals surface area contributed by atoms with Crippen LogP contribution in [-0.4, -0.2) is 47.5 Å². The fourth-order valence-electron chi connectivity index (χ4n) is 3.30. The number of nitrogens with one attached hydrogen (secondary N) is 1. The highest BCUT2D eigenvalue weighted by Crippen LogP contribution is 2.37. The van der Waals surface area contributed by atoms with Crippen molar-refractivity contribution in [1.29, 1.82) is 0 Å². The van der Waals surface area contributed by atoms with Gasteiger partial charge in [-0.3, -0.25) is 4.79 Å². The lowest BCUT2D eigenvalue weighted by molar-refractivity contribution is -0.137. The molecule has 0 atom stereocenters. The number of aromatic nitrogens is 3. The van der Waals surface area contributed by atoms with Crippen LogP contribution >= 0.6 is 23.4 Å². The Morgan fingerprint density at radius 3 is 2.62 bits per heavy atom. The van der Waals surface area contributed by atoms with Crippen LogP contribution in [0, 0.1) is 0 Å². The SMILES string of the molecule is CCNC(=O)c1ccc2c(c1)nc(Sc1ncc(C(F)(F)F)cc1Cl)n2CCCC(OC)OC. The lowest BCUT2D eigenvalue weighted by Crippen LogP contribution is -2.22. The standard InChI is InChI=1S/C22H24ClF3N4O3S/c1-4-27-19(31)13-7-8-17-16(10-13)29-21(30(17)9-5-6-18(32-2)33-3)34-20-15(23)11-14(12-28-20)22(24,25)26/h7-8,10-12,18H,4-6,9H2,1-3H3,(H,27,31). The Morgan fingerprint density at radius 1 is 1.26 bits per heavy atom. The zero-order valence-electron chi connectivity index (χ0n) is 18.8. The molecule has 12 heteroatoms. The molecule has 2 aromatic heterocycles. The number of rotatable bonds is 10. The summed E-state index contributed by atoms with van der Waals surface area (Å²) in [5, 5.41) is 3.31. The van der Waals surface area contributed by atoms with Crippen molar-refractivity contribution < 1.29 is 27.4 Å². The normalized spacial score (nSPS) is 12.0. The van der Waals surface area contributed by atoms with Crippen molar-refractivity contribution in [2.45, 2.75) is 49.0 Å². The lowest BCUT2D eigenvalue weighted by atomic mass is 10.2. The van der Waals surface area contributed by atoms with Gasteiger partial charge in [-0.05, 0) is 49.4 Å². The number of alkyl halides is 3. The smallest absolute Gasteiger partial charge is 0.356 e. The van der Waals surface area contributed by atoms with E-state index >= 15 is 0 Å². The average molecular weight is 517 g/mol. The summed E-state index contributed by atoms with van der Waals surface area (Å²) in [6, 6.07) is 6.02. The summed E-state index contributed by atoms with van der Waals surface area (Å²) in [5.41, 5.74) is 0.876. The summed E-state index contributed by atoms with van der Waals surface area (Å²) >= 11 is 7.17. The monoisotopic (exact) mass is 516 g/mol. The number of ether oxygens (including phenoxy) is 2. The Hall–Kier alpha value is -2.34. The van der Waals surface area contributed by atoms with E-state index < -0.39 is 11.7 Å². The molecule has 184 valence electrons. The minimum absolute atomic E-state index is 0.125. The maximum Gasteiger partial charge on any atom is 0.417 e. The highest BCUT2D eigenvalue weighted by atomic mass is 35.5. The van der Waals surface area contributed by atoms with Crippen molar-refractivity contribution >= 4 is 40.3 Å². The summed E-state index contributed by atoms with van der Waals surface area (Å²) in [6.07, 6.45) is -2.86. The van der Waals surface area contributed by atoms with Crippen LogP contribution in [0.25, 0.3) is 11.0 Å². The van der Waals surface area contributed by atoms with Gasteiger partial charge in [0.15, 0.2) is 11.4 Å². The number of carbonyl (C=O) groups is 1. The number of halogens is 4. The van der Waals surface area contributed by atoms with Gasteiger partial charge in [-0.2, -0.15) is 13.2 Å². The first-order chi connectivity index (χ1) is 16.2. The summed E-state index contributed by atoms with van der Waals surface area (Å²) in [4.78, 5) is 20.8. The summed E-state index contributed by atoms with van der Waals surface area (Å²) in [5.74, 6) is -0.219. The molecule has 0 aliphatic heterocycles. The van der Waals surface area contributed by atoms with Crippen molar-refractivity contribution in [2.24, 2.45) is 0 Å². The van der Waals surface area contributed by atoms with Gasteiger partial charge in [-0.25, -0.2) is 9.97 Å². The molecule has 3 rings (SSSR count). The van der Waals surface area contributed by atoms with E-state index in [1.807, 2.05) is 11.5 Å². The van der Waals surface area contributed by atoms with Crippen molar-refractivity contribution in [3.05, 3.63) is 46.6 Å². The molecule has 0 bridgehead atoms. The highest BCUT2D eigenvalue weighted by molar-refractivity contribution is 7.99. The molecule has 34 heavy (non-hydrogen) atoms. The molecule has 0 saturated carbocycles. The molecular weight excluding hydrogens is 493 g/mol. The average Bonchev–Trinajstić information content (AvgIpc) is 3.13. The van der Waals surface area contributed by atoms with E-state index in [2.05, 4.69) is 15.3 Å². The highest BCUT2D eigenvalue weighted by Gasteiger charge is 2.32. The minimum atomic E-state index is -4.54. The predicted molar refractivity (Wildman–Crippen MR) is 123 cm³/mol. The van der Waals surface area contributed by atoms with Gasteiger partial charge in [0, 0.05) is 45.5 Å². The number of carbonyl (C=O) groups excluding carboxylic acids is 1. The second-order valence-corrected chi connectivity index (χ2v) is 8.63. The number of benzene rings is 1. The molecule has 0 spiro atoms. The first kappa shape index (κ1) is 26.3. The Kier molecular flexibility index (Phi) is 8.80. The minimum Gasteiger partial charge on any atom is -0.356 e. The van der Waals surface area contributed by atoms with Crippen LogP contribution in [0.1, 0.15) is 35.7 Å². The first-order valence-electron chi connectivity index (χ1n) is 10.4. The van der Waals surface area contributed by atoms with E-state index in [0.717, 1.165) is 29.5 Å². The van der Waals surface area contributed by atoms with Crippen LogP contribution in [-0.2, 0) is 22.2 Å². The molecule has 0 unspecified atom stereocenters. The van der Waals surface area contributed by atoms with Crippen molar-refractivity contribution in [3.63, 3.8) is 0 Å². The number of amides is 1. The number of aryl methyl sites for hydroxylation is 1. The molecule has 3 aromatic rings. The fourth-order valence-corrected chi connectivity index (χ4v) is 4.46. The fraction of sp³-hybridized carbons (Fsp3) is 0.409. The molecule has 0 saturated heterocycles. The van der Waals surface area contributed by atoms with Crippen LogP contribution in [0.3, 0.4) is 0 Å². The number of methoxy groups -OCH3 is 2. The van der Waals surface area contributed by atoms with Crippen molar-refractivity contribution in [1.82, 2.24) is 19.9 Å². The quantitative estimate of drug-likeness (QED) is 0.363. The number of fused-ring (bicyclic) bond motifs is 1. The lowest BCUT2D eigenvalue weighted by Gasteiger charge is -2.14. The molecule has 1 amide bonds. The van der Waals surface area contributed by atoms with E-state index in [4.69, 9.17) is 21.1 Å². The Labute approximate surface area is 204 Å². The third-order valence-electron chi connectivity index (χ3n) is 4.98. The van der Waals surface area contributed by atoms with Crippen LogP contribution in [0.2, 0.25) is 5.02 Å². The molecule has 1 aromatic carbocycles. The van der Waals surface area contributed by atoms with Gasteiger partial charge in [0.05, 0.1) is 21.6 Å². The zero-order valence-corrected chi connectivity index (χ0v) is 20.4. The molecule has 0 radical (unpaired) electrons. The number of imidazole rings is 1. The van der Waals surface area contributed by atoms with Gasteiger partial charge in [-0.1, -0.05) is 11.6 Å². The predicted octanol–water partition coefficient (Wildman–Crippen LogP) is 5.40.